The van der Waals surface area contributed by atoms with E-state index in [2.05, 4.69) is 173 Å². The average molecular weight is 1190 g/mol. The molecule has 0 fully saturated rings. The zero-order valence-corrected chi connectivity index (χ0v) is 54.1. The molecule has 1 N–H and O–H groups in total. The lowest BCUT2D eigenvalue weighted by Crippen LogP contribution is -2.26. The molecule has 1 aliphatic heterocycles. The molecule has 3 heterocycles. The number of nitrogens with zero attached hydrogens (tertiary/aromatic N) is 3. The number of fused-ring (bicyclic) bond motifs is 6. The molecule has 6 aromatic carbocycles. The van der Waals surface area contributed by atoms with Gasteiger partial charge in [0.1, 0.15) is 0 Å². The number of para-hydroxylation sites is 1. The first kappa shape index (κ1) is 61.5. The number of amides is 1. The van der Waals surface area contributed by atoms with Crippen LogP contribution in [0.4, 0.5) is 22.7 Å². The summed E-state index contributed by atoms with van der Waals surface area (Å²) < 4.78 is 0. The summed E-state index contributed by atoms with van der Waals surface area (Å²) in [5.41, 5.74) is 19.2. The van der Waals surface area contributed by atoms with Gasteiger partial charge in [0.05, 0.1) is 11.3 Å². The molecular weight excluding hydrogens is 1100 g/mol. The van der Waals surface area contributed by atoms with Gasteiger partial charge in [0, 0.05) is 47.4 Å². The van der Waals surface area contributed by atoms with Crippen molar-refractivity contribution in [2.24, 2.45) is 5.10 Å². The van der Waals surface area contributed by atoms with Crippen molar-refractivity contribution in [2.45, 2.75) is 194 Å². The third kappa shape index (κ3) is 12.3. The number of hydrazone groups is 1. The molecule has 0 saturated carbocycles. The van der Waals surface area contributed by atoms with Crippen LogP contribution in [0.2, 0.25) is 0 Å². The van der Waals surface area contributed by atoms with Gasteiger partial charge in [-0.3, -0.25) is 4.79 Å². The molecule has 8 heteroatoms. The van der Waals surface area contributed by atoms with E-state index in [-0.39, 0.29) is 22.1 Å². The minimum atomic E-state index is -1.22. The lowest BCUT2D eigenvalue weighted by molar-refractivity contribution is -0.129. The van der Waals surface area contributed by atoms with Crippen molar-refractivity contribution in [2.75, 3.05) is 9.91 Å². The van der Waals surface area contributed by atoms with Crippen molar-refractivity contribution in [3.05, 3.63) is 195 Å². The summed E-state index contributed by atoms with van der Waals surface area (Å²) in [5, 5.41) is 15.9. The van der Waals surface area contributed by atoms with Crippen molar-refractivity contribution in [1.82, 2.24) is 0 Å². The first-order valence-corrected chi connectivity index (χ1v) is 34.8. The molecule has 0 saturated heterocycles. The largest absolute Gasteiger partial charge is 0.476 e. The molecule has 0 spiro atoms. The first-order valence-electron chi connectivity index (χ1n) is 33.2. The topological polar surface area (TPSA) is 73.2 Å². The van der Waals surface area contributed by atoms with Crippen LogP contribution in [0.1, 0.15) is 208 Å². The van der Waals surface area contributed by atoms with Crippen molar-refractivity contribution in [1.29, 1.82) is 0 Å². The Morgan fingerprint density at radius 3 is 1.47 bits per heavy atom. The summed E-state index contributed by atoms with van der Waals surface area (Å²) >= 11 is 3.54. The molecule has 2 aromatic heterocycles. The van der Waals surface area contributed by atoms with Gasteiger partial charge in [0.2, 0.25) is 0 Å². The maximum atomic E-state index is 14.1. The van der Waals surface area contributed by atoms with E-state index in [4.69, 9.17) is 0 Å². The fourth-order valence-corrected chi connectivity index (χ4v) is 17.1. The minimum Gasteiger partial charge on any atom is -0.476 e. The number of unbranched alkanes of at least 4 members (excludes halogenated alkanes) is 10. The number of carbonyl (C=O) groups is 2. The number of aliphatic carboxylic acids is 1. The fraction of sp³-hybridized carbons (Fsp3) is 0.380. The Morgan fingerprint density at radius 2 is 0.966 bits per heavy atom. The summed E-state index contributed by atoms with van der Waals surface area (Å²) in [7, 11) is 0. The van der Waals surface area contributed by atoms with E-state index in [0.29, 0.717) is 5.69 Å². The molecule has 87 heavy (non-hydrogen) atoms. The lowest BCUT2D eigenvalue weighted by atomic mass is 9.70. The lowest BCUT2D eigenvalue weighted by Gasteiger charge is -2.35. The van der Waals surface area contributed by atoms with Crippen LogP contribution in [0.15, 0.2) is 162 Å². The van der Waals surface area contributed by atoms with E-state index in [1.807, 2.05) is 29.5 Å². The van der Waals surface area contributed by atoms with E-state index in [9.17, 15) is 14.7 Å². The summed E-state index contributed by atoms with van der Waals surface area (Å²) in [6.45, 7) is 13.9. The number of benzene rings is 6. The third-order valence-corrected chi connectivity index (χ3v) is 21.6. The molecule has 0 atom stereocenters. The van der Waals surface area contributed by atoms with Gasteiger partial charge in [0.15, 0.2) is 5.71 Å². The zero-order valence-electron chi connectivity index (χ0n) is 52.5. The molecule has 1 amide bonds. The summed E-state index contributed by atoms with van der Waals surface area (Å²) in [6, 6.07) is 56.8. The first-order chi connectivity index (χ1) is 42.6. The predicted molar refractivity (Wildman–Crippen MR) is 371 cm³/mol. The van der Waals surface area contributed by atoms with Gasteiger partial charge in [-0.25, -0.2) is 4.79 Å². The van der Waals surface area contributed by atoms with Crippen LogP contribution in [-0.2, 0) is 33.3 Å². The summed E-state index contributed by atoms with van der Waals surface area (Å²) in [4.78, 5) is 33.9. The average Bonchev–Trinajstić information content (AvgIpc) is 1.65. The van der Waals surface area contributed by atoms with Crippen LogP contribution < -0.4 is 9.91 Å². The Bertz CT molecular complexity index is 3630. The molecule has 6 nitrogen and oxygen atoms in total. The number of carboxylic acids is 1. The highest BCUT2D eigenvalue weighted by Crippen LogP contribution is 2.58. The van der Waals surface area contributed by atoms with E-state index in [0.717, 1.165) is 74.8 Å². The quantitative estimate of drug-likeness (QED) is 0.0360. The zero-order chi connectivity index (χ0) is 60.5. The molecule has 0 bridgehead atoms. The number of carboxylic acid groups (broad SMARTS) is 1. The van der Waals surface area contributed by atoms with E-state index in [1.165, 1.54) is 169 Å². The van der Waals surface area contributed by atoms with E-state index >= 15 is 0 Å². The fourth-order valence-electron chi connectivity index (χ4n) is 14.6. The predicted octanol–water partition coefficient (Wildman–Crippen LogP) is 23.0. The molecule has 2 aliphatic carbocycles. The SMILES string of the molecule is CCCCCCc1cc(-c2sc(C=C3C(=O)N(c4ccccc4)N=C3C(=O)O)cc2CCCCCC)sc1-c1ccc(N(c2ccc3c(c2)C(CCCC)(CCCC)c2ccccc2-3)c2ccc3c(c2)C(CCCC)(CCCC)c2ccccc2-3)cc1. The highest BCUT2D eigenvalue weighted by molar-refractivity contribution is 7.24. The minimum absolute atomic E-state index is 0.0499. The third-order valence-electron chi connectivity index (χ3n) is 19.1. The number of aryl methyl sites for hydroxylation is 2. The smallest absolute Gasteiger partial charge is 0.357 e. The van der Waals surface area contributed by atoms with Crippen LogP contribution in [-0.4, -0.2) is 22.7 Å². The highest BCUT2D eigenvalue weighted by Gasteiger charge is 2.44. The monoisotopic (exact) mass is 1190 g/mol. The van der Waals surface area contributed by atoms with Crippen molar-refractivity contribution in [3.8, 4) is 42.4 Å². The highest BCUT2D eigenvalue weighted by atomic mass is 32.1. The molecule has 0 radical (unpaired) electrons. The molecule has 3 aliphatic rings. The van der Waals surface area contributed by atoms with E-state index in [1.54, 1.807) is 29.5 Å². The number of anilines is 4. The standard InChI is InChI=1S/C79H89N3O3S2/c1-7-13-19-22-30-56-50-62(54-67-73(77(84)85)80-82(76(67)83)59-32-24-21-25-33-59)86-75(56)72-51-57(31-23-20-14-8-2)74(87-72)55-38-40-58(41-39-55)81(60-42-44-65-63-34-26-28-36-68(63)78(46-15-9-3,47-16-10-4)70(65)52-60)61-43-45-66-64-35-27-29-37-69(64)79(48-17-11-5,49-18-12-6)71(66)53-61/h21,24-29,32-45,50-54H,7-20,22-23,30-31,46-49H2,1-6H3,(H,84,85). The van der Waals surface area contributed by atoms with Gasteiger partial charge >= 0.3 is 5.97 Å². The van der Waals surface area contributed by atoms with Crippen LogP contribution >= 0.6 is 22.7 Å². The van der Waals surface area contributed by atoms with Gasteiger partial charge in [-0.05, 0) is 179 Å². The van der Waals surface area contributed by atoms with Gasteiger partial charge in [-0.1, -0.05) is 222 Å². The Kier molecular flexibility index (Phi) is 19.7. The number of hydrogen-bond donors (Lipinski definition) is 1. The van der Waals surface area contributed by atoms with Crippen LogP contribution in [0.25, 0.3) is 48.5 Å². The molecule has 11 rings (SSSR count). The summed E-state index contributed by atoms with van der Waals surface area (Å²) in [5.74, 6) is -1.65. The second kappa shape index (κ2) is 27.9. The van der Waals surface area contributed by atoms with Crippen molar-refractivity contribution in [3.63, 3.8) is 0 Å². The Hall–Kier alpha value is -7.13. The maximum absolute atomic E-state index is 14.1. The number of thiophene rings is 2. The number of hydrogen-bond acceptors (Lipinski definition) is 6. The normalized spacial score (nSPS) is 14.8. The Balaban J connectivity index is 1.04. The molecule has 8 aromatic rings. The number of carbonyl (C=O) groups excluding carboxylic acids is 1. The molecule has 450 valence electrons. The van der Waals surface area contributed by atoms with Crippen LogP contribution in [0.5, 0.6) is 0 Å². The van der Waals surface area contributed by atoms with E-state index < -0.39 is 11.9 Å². The van der Waals surface area contributed by atoms with Crippen LogP contribution in [0.3, 0.4) is 0 Å². The van der Waals surface area contributed by atoms with Crippen LogP contribution in [0, 0.1) is 0 Å². The maximum Gasteiger partial charge on any atom is 0.357 e. The van der Waals surface area contributed by atoms with Crippen molar-refractivity contribution < 1.29 is 14.7 Å². The van der Waals surface area contributed by atoms with Crippen molar-refractivity contribution >= 4 is 69.1 Å². The molecule has 0 unspecified atom stereocenters. The second-order valence-corrected chi connectivity index (χ2v) is 27.0. The molecular formula is C79H89N3O3S2. The summed E-state index contributed by atoms with van der Waals surface area (Å²) in [6.07, 6.45) is 26.8. The second-order valence-electron chi connectivity index (χ2n) is 24.9. The number of rotatable bonds is 30. The van der Waals surface area contributed by atoms with Gasteiger partial charge in [0.25, 0.3) is 5.91 Å². The Labute approximate surface area is 527 Å². The van der Waals surface area contributed by atoms with Gasteiger partial charge in [-0.15, -0.1) is 22.7 Å². The van der Waals surface area contributed by atoms with Gasteiger partial charge < -0.3 is 10.0 Å². The van der Waals surface area contributed by atoms with Gasteiger partial charge in [-0.2, -0.15) is 10.1 Å². The Morgan fingerprint density at radius 1 is 0.494 bits per heavy atom.